The van der Waals surface area contributed by atoms with Crippen molar-refractivity contribution in [2.24, 2.45) is 5.73 Å². The molecule has 2 rings (SSSR count). The Morgan fingerprint density at radius 3 is 2.22 bits per heavy atom. The summed E-state index contributed by atoms with van der Waals surface area (Å²) >= 11 is 0. The number of esters is 1. The molecule has 0 aliphatic heterocycles. The van der Waals surface area contributed by atoms with Crippen LogP contribution in [0.1, 0.15) is 36.5 Å². The lowest BCUT2D eigenvalue weighted by molar-refractivity contribution is -0.150. The van der Waals surface area contributed by atoms with Gasteiger partial charge in [0.2, 0.25) is 0 Å². The van der Waals surface area contributed by atoms with Gasteiger partial charge < -0.3 is 10.5 Å². The van der Waals surface area contributed by atoms with Crippen LogP contribution in [-0.2, 0) is 16.0 Å². The molecule has 0 radical (unpaired) electrons. The van der Waals surface area contributed by atoms with Crippen LogP contribution < -0.4 is 5.73 Å². The van der Waals surface area contributed by atoms with Crippen molar-refractivity contribution < 1.29 is 9.53 Å². The summed E-state index contributed by atoms with van der Waals surface area (Å²) in [5.41, 5.74) is 9.25. The largest absolute Gasteiger partial charge is 0.461 e. The summed E-state index contributed by atoms with van der Waals surface area (Å²) in [6.45, 7) is 5.66. The van der Waals surface area contributed by atoms with Crippen LogP contribution in [-0.4, -0.2) is 18.1 Å². The van der Waals surface area contributed by atoms with Crippen LogP contribution >= 0.6 is 0 Å². The lowest BCUT2D eigenvalue weighted by Gasteiger charge is -2.25. The van der Waals surface area contributed by atoms with E-state index in [2.05, 4.69) is 43.3 Å². The first-order valence-corrected chi connectivity index (χ1v) is 8.04. The number of carbonyl (C=O) groups excluding carboxylic acids is 1. The average molecular weight is 311 g/mol. The summed E-state index contributed by atoms with van der Waals surface area (Å²) in [5.74, 6) is -0.260. The van der Waals surface area contributed by atoms with Crippen LogP contribution in [0.3, 0.4) is 0 Å². The van der Waals surface area contributed by atoms with Crippen LogP contribution in [0.4, 0.5) is 0 Å². The van der Waals surface area contributed by atoms with Crippen molar-refractivity contribution >= 4 is 5.97 Å². The molecule has 0 aliphatic carbocycles. The predicted molar refractivity (Wildman–Crippen MR) is 93.3 cm³/mol. The Morgan fingerprint density at radius 1 is 1.04 bits per heavy atom. The molecule has 0 saturated carbocycles. The number of ether oxygens (including phenoxy) is 1. The number of rotatable bonds is 6. The van der Waals surface area contributed by atoms with Gasteiger partial charge in [-0.25, -0.2) is 0 Å². The monoisotopic (exact) mass is 311 g/mol. The molecule has 0 spiro atoms. The number of hydrogen-bond donors (Lipinski definition) is 1. The number of hydrogen-bond acceptors (Lipinski definition) is 3. The van der Waals surface area contributed by atoms with E-state index in [1.807, 2.05) is 25.1 Å². The lowest BCUT2D eigenvalue weighted by Crippen LogP contribution is -2.34. The molecule has 3 nitrogen and oxygen atoms in total. The van der Waals surface area contributed by atoms with Crippen LogP contribution in [0.2, 0.25) is 0 Å². The normalized spacial score (nSPS) is 14.8. The molecule has 122 valence electrons. The van der Waals surface area contributed by atoms with E-state index in [1.165, 1.54) is 11.1 Å². The minimum Gasteiger partial charge on any atom is -0.461 e. The minimum absolute atomic E-state index is 0.0987. The van der Waals surface area contributed by atoms with Crippen molar-refractivity contribution in [3.05, 3.63) is 71.3 Å². The first kappa shape index (κ1) is 17.2. The lowest BCUT2D eigenvalue weighted by atomic mass is 9.87. The van der Waals surface area contributed by atoms with Crippen LogP contribution in [0.25, 0.3) is 0 Å². The molecule has 23 heavy (non-hydrogen) atoms. The fourth-order valence-corrected chi connectivity index (χ4v) is 2.61. The molecule has 0 aromatic heterocycles. The topological polar surface area (TPSA) is 52.3 Å². The molecular weight excluding hydrogens is 286 g/mol. The van der Waals surface area contributed by atoms with Crippen LogP contribution in [0.5, 0.6) is 0 Å². The second kappa shape index (κ2) is 7.93. The molecule has 2 N–H and O–H groups in total. The van der Waals surface area contributed by atoms with Gasteiger partial charge in [0.15, 0.2) is 0 Å². The Bertz CT molecular complexity index is 620. The van der Waals surface area contributed by atoms with Gasteiger partial charge in [0, 0.05) is 5.92 Å². The highest BCUT2D eigenvalue weighted by atomic mass is 16.5. The molecule has 2 aromatic carbocycles. The zero-order valence-electron chi connectivity index (χ0n) is 14.0. The van der Waals surface area contributed by atoms with Gasteiger partial charge in [-0.1, -0.05) is 60.2 Å². The summed E-state index contributed by atoms with van der Waals surface area (Å²) in [4.78, 5) is 11.8. The zero-order chi connectivity index (χ0) is 16.8. The fourth-order valence-electron chi connectivity index (χ4n) is 2.61. The quantitative estimate of drug-likeness (QED) is 0.829. The van der Waals surface area contributed by atoms with Crippen molar-refractivity contribution in [2.75, 3.05) is 0 Å². The molecule has 3 heteroatoms. The van der Waals surface area contributed by atoms with E-state index < -0.39 is 6.04 Å². The molecule has 0 bridgehead atoms. The van der Waals surface area contributed by atoms with Gasteiger partial charge in [0.1, 0.15) is 12.1 Å². The van der Waals surface area contributed by atoms with Gasteiger partial charge in [-0.05, 0) is 38.3 Å². The SMILES string of the molecule is Cc1ccc(C[C@H](c2ccccc2)[C@H](C)OC(=O)[C@H](C)N)cc1. The number of carbonyl (C=O) groups is 1. The highest BCUT2D eigenvalue weighted by Crippen LogP contribution is 2.26. The molecule has 0 heterocycles. The molecular formula is C20H25NO2. The van der Waals surface area contributed by atoms with Crippen LogP contribution in [0.15, 0.2) is 54.6 Å². The molecule has 0 amide bonds. The Balaban J connectivity index is 2.21. The zero-order valence-corrected chi connectivity index (χ0v) is 14.0. The highest BCUT2D eigenvalue weighted by molar-refractivity contribution is 5.75. The first-order valence-electron chi connectivity index (χ1n) is 8.04. The van der Waals surface area contributed by atoms with Gasteiger partial charge >= 0.3 is 5.97 Å². The smallest absolute Gasteiger partial charge is 0.322 e. The molecule has 0 saturated heterocycles. The number of aryl methyl sites for hydroxylation is 1. The average Bonchev–Trinajstić information content (AvgIpc) is 2.54. The molecule has 3 atom stereocenters. The van der Waals surface area contributed by atoms with E-state index in [4.69, 9.17) is 10.5 Å². The van der Waals surface area contributed by atoms with E-state index in [0.717, 1.165) is 12.0 Å². The molecule has 0 aliphatic rings. The van der Waals surface area contributed by atoms with Gasteiger partial charge in [-0.15, -0.1) is 0 Å². The van der Waals surface area contributed by atoms with Gasteiger partial charge in [0.25, 0.3) is 0 Å². The second-order valence-electron chi connectivity index (χ2n) is 6.14. The van der Waals surface area contributed by atoms with E-state index >= 15 is 0 Å². The third-order valence-corrected chi connectivity index (χ3v) is 4.04. The summed E-state index contributed by atoms with van der Waals surface area (Å²) in [5, 5.41) is 0. The van der Waals surface area contributed by atoms with Crippen molar-refractivity contribution in [3.8, 4) is 0 Å². The van der Waals surface area contributed by atoms with Gasteiger partial charge in [0.05, 0.1) is 0 Å². The van der Waals surface area contributed by atoms with Gasteiger partial charge in [-0.3, -0.25) is 4.79 Å². The minimum atomic E-state index is -0.603. The van der Waals surface area contributed by atoms with Crippen LogP contribution in [0, 0.1) is 6.92 Å². The standard InChI is InChI=1S/C20H25NO2/c1-14-9-11-17(12-10-14)13-19(18-7-5-4-6-8-18)16(3)23-20(22)15(2)21/h4-12,15-16,19H,13,21H2,1-3H3/t15-,16-,19-/m0/s1. The summed E-state index contributed by atoms with van der Waals surface area (Å²) in [7, 11) is 0. The second-order valence-corrected chi connectivity index (χ2v) is 6.14. The Hall–Kier alpha value is -2.13. The maximum absolute atomic E-state index is 11.8. The van der Waals surface area contributed by atoms with E-state index in [0.29, 0.717) is 0 Å². The Morgan fingerprint density at radius 2 is 1.65 bits per heavy atom. The number of benzene rings is 2. The predicted octanol–water partition coefficient (Wildman–Crippen LogP) is 3.60. The summed E-state index contributed by atoms with van der Waals surface area (Å²) < 4.78 is 5.56. The van der Waals surface area contributed by atoms with Crippen molar-refractivity contribution in [3.63, 3.8) is 0 Å². The third kappa shape index (κ3) is 4.93. The van der Waals surface area contributed by atoms with E-state index in [-0.39, 0.29) is 18.0 Å². The molecule has 0 fully saturated rings. The van der Waals surface area contributed by atoms with E-state index in [1.54, 1.807) is 6.92 Å². The molecule has 0 unspecified atom stereocenters. The van der Waals surface area contributed by atoms with E-state index in [9.17, 15) is 4.79 Å². The Labute approximate surface area is 138 Å². The first-order chi connectivity index (χ1) is 11.0. The fraction of sp³-hybridized carbons (Fsp3) is 0.350. The third-order valence-electron chi connectivity index (χ3n) is 4.04. The van der Waals surface area contributed by atoms with Crippen molar-refractivity contribution in [1.29, 1.82) is 0 Å². The maximum Gasteiger partial charge on any atom is 0.322 e. The molecule has 2 aromatic rings. The Kier molecular flexibility index (Phi) is 5.94. The summed E-state index contributed by atoms with van der Waals surface area (Å²) in [6, 6.07) is 18.0. The van der Waals surface area contributed by atoms with Crippen molar-refractivity contribution in [2.45, 2.75) is 45.3 Å². The highest BCUT2D eigenvalue weighted by Gasteiger charge is 2.24. The summed E-state index contributed by atoms with van der Waals surface area (Å²) in [6.07, 6.45) is 0.578. The number of nitrogens with two attached hydrogens (primary N) is 1. The van der Waals surface area contributed by atoms with Gasteiger partial charge in [-0.2, -0.15) is 0 Å². The maximum atomic E-state index is 11.8. The van der Waals surface area contributed by atoms with Crippen molar-refractivity contribution in [1.82, 2.24) is 0 Å².